The van der Waals surface area contributed by atoms with E-state index in [1.54, 1.807) is 31.3 Å². The second kappa shape index (κ2) is 10.1. The first-order valence-corrected chi connectivity index (χ1v) is 11.8. The molecule has 0 radical (unpaired) electrons. The Morgan fingerprint density at radius 2 is 1.71 bits per heavy atom. The molecule has 2 amide bonds. The van der Waals surface area contributed by atoms with Crippen molar-refractivity contribution < 1.29 is 14.4 Å². The number of nitrogens with one attached hydrogen (secondary N) is 1. The molecule has 2 aromatic carbocycles. The maximum atomic E-state index is 13.9. The van der Waals surface area contributed by atoms with Gasteiger partial charge >= 0.3 is 0 Å². The van der Waals surface area contributed by atoms with Crippen LogP contribution < -0.4 is 5.32 Å². The molecule has 3 aromatic rings. The highest BCUT2D eigenvalue weighted by Crippen LogP contribution is 2.50. The number of benzene rings is 2. The van der Waals surface area contributed by atoms with Gasteiger partial charge in [-0.3, -0.25) is 24.7 Å². The van der Waals surface area contributed by atoms with Crippen LogP contribution >= 0.6 is 0 Å². The number of rotatable bonds is 6. The number of aryl methyl sites for hydroxylation is 1. The highest BCUT2D eigenvalue weighted by Gasteiger charge is 2.48. The van der Waals surface area contributed by atoms with E-state index in [2.05, 4.69) is 34.6 Å². The second-order valence-electron chi connectivity index (χ2n) is 9.29. The Balaban J connectivity index is 1.72. The molecular formula is C29H30N2O3. The summed E-state index contributed by atoms with van der Waals surface area (Å²) in [5.41, 5.74) is 3.34. The van der Waals surface area contributed by atoms with Gasteiger partial charge in [-0.25, -0.2) is 0 Å². The van der Waals surface area contributed by atoms with Crippen LogP contribution in [0, 0.1) is 12.3 Å². The lowest BCUT2D eigenvalue weighted by atomic mass is 9.60. The quantitative estimate of drug-likeness (QED) is 0.398. The minimum absolute atomic E-state index is 0.0137. The van der Waals surface area contributed by atoms with Crippen molar-refractivity contribution in [1.82, 2.24) is 10.3 Å². The predicted octanol–water partition coefficient (Wildman–Crippen LogP) is 5.44. The number of aromatic nitrogens is 1. The molecule has 0 bridgehead atoms. The van der Waals surface area contributed by atoms with E-state index in [1.807, 2.05) is 31.2 Å². The van der Waals surface area contributed by atoms with E-state index in [-0.39, 0.29) is 23.3 Å². The summed E-state index contributed by atoms with van der Waals surface area (Å²) in [5.74, 6) is -0.797. The Labute approximate surface area is 200 Å². The molecule has 0 saturated heterocycles. The third-order valence-corrected chi connectivity index (χ3v) is 6.97. The van der Waals surface area contributed by atoms with Gasteiger partial charge in [0.25, 0.3) is 5.91 Å². The van der Waals surface area contributed by atoms with Gasteiger partial charge in [0.1, 0.15) is 5.69 Å². The minimum Gasteiger partial charge on any atom is -0.295 e. The molecule has 5 nitrogen and oxygen atoms in total. The van der Waals surface area contributed by atoms with Crippen LogP contribution in [0.25, 0.3) is 0 Å². The maximum Gasteiger partial charge on any atom is 0.276 e. The van der Waals surface area contributed by atoms with Crippen molar-refractivity contribution in [3.8, 4) is 0 Å². The summed E-state index contributed by atoms with van der Waals surface area (Å²) in [7, 11) is 0. The third kappa shape index (κ3) is 4.98. The molecule has 1 aromatic heterocycles. The summed E-state index contributed by atoms with van der Waals surface area (Å²) in [6, 6.07) is 20.9. The zero-order chi connectivity index (χ0) is 24.1. The zero-order valence-corrected chi connectivity index (χ0v) is 19.7. The number of Topliss-reactive ketones (excluding diaryl/α,β-unsaturated/α-hetero) is 1. The molecule has 1 fully saturated rings. The molecule has 4 rings (SSSR count). The molecule has 0 aliphatic heterocycles. The number of hydrogen-bond donors (Lipinski definition) is 1. The number of ketones is 1. The maximum absolute atomic E-state index is 13.9. The second-order valence-corrected chi connectivity index (χ2v) is 9.29. The van der Waals surface area contributed by atoms with Gasteiger partial charge in [0.05, 0.1) is 5.41 Å². The van der Waals surface area contributed by atoms with Crippen LogP contribution in [-0.4, -0.2) is 22.6 Å². The smallest absolute Gasteiger partial charge is 0.276 e. The number of carbonyl (C=O) groups excluding carboxylic acids is 3. The third-order valence-electron chi connectivity index (χ3n) is 6.97. The van der Waals surface area contributed by atoms with Crippen molar-refractivity contribution in [2.24, 2.45) is 5.41 Å². The fourth-order valence-corrected chi connectivity index (χ4v) is 5.10. The van der Waals surface area contributed by atoms with Crippen LogP contribution in [0.3, 0.4) is 0 Å². The molecule has 5 heteroatoms. The van der Waals surface area contributed by atoms with Crippen LogP contribution in [0.4, 0.5) is 0 Å². The zero-order valence-electron chi connectivity index (χ0n) is 19.7. The summed E-state index contributed by atoms with van der Waals surface area (Å²) >= 11 is 0. The van der Waals surface area contributed by atoms with Crippen LogP contribution in [0.15, 0.2) is 72.9 Å². The number of carbonyl (C=O) groups is 3. The van der Waals surface area contributed by atoms with E-state index >= 15 is 0 Å². The molecule has 1 saturated carbocycles. The van der Waals surface area contributed by atoms with Crippen LogP contribution in [0.1, 0.15) is 76.1 Å². The highest BCUT2D eigenvalue weighted by molar-refractivity contribution is 6.05. The van der Waals surface area contributed by atoms with E-state index in [0.717, 1.165) is 36.0 Å². The first-order valence-electron chi connectivity index (χ1n) is 11.8. The normalized spacial score (nSPS) is 19.9. The largest absolute Gasteiger partial charge is 0.295 e. The predicted molar refractivity (Wildman–Crippen MR) is 132 cm³/mol. The SMILES string of the molecule is CC(=O)c1ccc(C2CCCCC2(Cc2ccc(C)cc2)C(=O)NC(=O)c2ccccn2)cc1. The van der Waals surface area contributed by atoms with Gasteiger partial charge in [-0.2, -0.15) is 0 Å². The summed E-state index contributed by atoms with van der Waals surface area (Å²) in [4.78, 5) is 42.7. The van der Waals surface area contributed by atoms with Crippen molar-refractivity contribution >= 4 is 17.6 Å². The summed E-state index contributed by atoms with van der Waals surface area (Å²) in [5, 5.41) is 2.67. The summed E-state index contributed by atoms with van der Waals surface area (Å²) in [6.07, 6.45) is 5.53. The van der Waals surface area contributed by atoms with E-state index in [9.17, 15) is 14.4 Å². The molecule has 2 unspecified atom stereocenters. The first-order chi connectivity index (χ1) is 16.4. The molecule has 2 atom stereocenters. The van der Waals surface area contributed by atoms with Crippen LogP contribution in [-0.2, 0) is 11.2 Å². The van der Waals surface area contributed by atoms with Crippen molar-refractivity contribution in [2.75, 3.05) is 0 Å². The standard InChI is InChI=1S/C29H30N2O3/c1-20-9-11-22(12-10-20)19-29(28(34)31-27(33)26-8-4-6-18-30-26)17-5-3-7-25(29)24-15-13-23(14-16-24)21(2)32/h4,6,8-16,18,25H,3,5,7,17,19H2,1-2H3,(H,31,33,34). The van der Waals surface area contributed by atoms with Gasteiger partial charge < -0.3 is 0 Å². The van der Waals surface area contributed by atoms with Gasteiger partial charge in [-0.15, -0.1) is 0 Å². The Kier molecular flexibility index (Phi) is 7.01. The Morgan fingerprint density at radius 3 is 2.35 bits per heavy atom. The summed E-state index contributed by atoms with van der Waals surface area (Å²) in [6.45, 7) is 3.59. The average molecular weight is 455 g/mol. The van der Waals surface area contributed by atoms with E-state index < -0.39 is 11.3 Å². The lowest BCUT2D eigenvalue weighted by molar-refractivity contribution is -0.133. The molecule has 174 valence electrons. The fourth-order valence-electron chi connectivity index (χ4n) is 5.10. The molecule has 1 N–H and O–H groups in total. The Hall–Kier alpha value is -3.60. The molecule has 34 heavy (non-hydrogen) atoms. The lowest BCUT2D eigenvalue weighted by Crippen LogP contribution is -2.50. The van der Waals surface area contributed by atoms with Crippen LogP contribution in [0.2, 0.25) is 0 Å². The highest BCUT2D eigenvalue weighted by atomic mass is 16.2. The van der Waals surface area contributed by atoms with Gasteiger partial charge in [0, 0.05) is 11.8 Å². The average Bonchev–Trinajstić information content (AvgIpc) is 2.86. The fraction of sp³-hybridized carbons (Fsp3) is 0.310. The van der Waals surface area contributed by atoms with Gasteiger partial charge in [0.15, 0.2) is 5.78 Å². The van der Waals surface area contributed by atoms with Gasteiger partial charge in [-0.1, -0.05) is 73.0 Å². The molecule has 0 spiro atoms. The number of nitrogens with zero attached hydrogens (tertiary/aromatic N) is 1. The van der Waals surface area contributed by atoms with Gasteiger partial charge in [0.2, 0.25) is 5.91 Å². The van der Waals surface area contributed by atoms with Crippen molar-refractivity contribution in [1.29, 1.82) is 0 Å². The first kappa shape index (κ1) is 23.6. The molecule has 1 aliphatic carbocycles. The van der Waals surface area contributed by atoms with Crippen molar-refractivity contribution in [3.63, 3.8) is 0 Å². The number of imide groups is 1. The molecular weight excluding hydrogens is 424 g/mol. The van der Waals surface area contributed by atoms with Crippen molar-refractivity contribution in [3.05, 3.63) is 101 Å². The number of amides is 2. The lowest BCUT2D eigenvalue weighted by Gasteiger charge is -2.43. The monoisotopic (exact) mass is 454 g/mol. The topological polar surface area (TPSA) is 76.1 Å². The summed E-state index contributed by atoms with van der Waals surface area (Å²) < 4.78 is 0. The van der Waals surface area contributed by atoms with Crippen molar-refractivity contribution in [2.45, 2.75) is 51.9 Å². The van der Waals surface area contributed by atoms with Crippen LogP contribution in [0.5, 0.6) is 0 Å². The van der Waals surface area contributed by atoms with E-state index in [4.69, 9.17) is 0 Å². The minimum atomic E-state index is -0.782. The van der Waals surface area contributed by atoms with E-state index in [0.29, 0.717) is 18.4 Å². The van der Waals surface area contributed by atoms with Gasteiger partial charge in [-0.05, 0) is 62.3 Å². The number of pyridine rings is 1. The molecule has 1 aliphatic rings. The Bertz CT molecular complexity index is 1170. The molecule has 1 heterocycles. The number of hydrogen-bond acceptors (Lipinski definition) is 4. The van der Waals surface area contributed by atoms with E-state index in [1.165, 1.54) is 0 Å². The Morgan fingerprint density at radius 1 is 0.971 bits per heavy atom.